The number of carbonyl (C=O) groups is 1. The van der Waals surface area contributed by atoms with Gasteiger partial charge in [-0.2, -0.15) is 5.10 Å². The molecule has 0 aliphatic heterocycles. The lowest BCUT2D eigenvalue weighted by molar-refractivity contribution is 0.0935. The number of rotatable bonds is 4. The van der Waals surface area contributed by atoms with E-state index in [0.717, 1.165) is 0 Å². The molecule has 0 saturated heterocycles. The van der Waals surface area contributed by atoms with Crippen LogP contribution in [0.3, 0.4) is 0 Å². The Bertz CT molecular complexity index is 332. The van der Waals surface area contributed by atoms with Gasteiger partial charge in [-0.25, -0.2) is 0 Å². The summed E-state index contributed by atoms with van der Waals surface area (Å²) in [6.07, 6.45) is 1.80. The summed E-state index contributed by atoms with van der Waals surface area (Å²) in [5.74, 6) is -0.174. The minimum atomic E-state index is -0.174. The molecule has 1 heterocycles. The van der Waals surface area contributed by atoms with Crippen molar-refractivity contribution in [3.63, 3.8) is 0 Å². The first-order chi connectivity index (χ1) is 7.04. The smallest absolute Gasteiger partial charge is 0.272 e. The molecule has 1 atom stereocenters. The Morgan fingerprint density at radius 2 is 2.27 bits per heavy atom. The summed E-state index contributed by atoms with van der Waals surface area (Å²) >= 11 is 0. The van der Waals surface area contributed by atoms with E-state index >= 15 is 0 Å². The summed E-state index contributed by atoms with van der Waals surface area (Å²) in [7, 11) is 0. The van der Waals surface area contributed by atoms with E-state index < -0.39 is 0 Å². The number of hydrogen-bond donors (Lipinski definition) is 2. The van der Waals surface area contributed by atoms with Crippen LogP contribution in [0, 0.1) is 0 Å². The van der Waals surface area contributed by atoms with Gasteiger partial charge in [0.15, 0.2) is 0 Å². The zero-order chi connectivity index (χ0) is 11.4. The monoisotopic (exact) mass is 210 g/mol. The van der Waals surface area contributed by atoms with E-state index in [9.17, 15) is 4.79 Å². The van der Waals surface area contributed by atoms with Crippen molar-refractivity contribution in [3.8, 4) is 0 Å². The van der Waals surface area contributed by atoms with Crippen molar-refractivity contribution >= 4 is 5.91 Å². The molecule has 1 amide bonds. The molecule has 1 rings (SSSR count). The van der Waals surface area contributed by atoms with E-state index in [4.69, 9.17) is 5.73 Å². The topological polar surface area (TPSA) is 72.9 Å². The van der Waals surface area contributed by atoms with Gasteiger partial charge in [0, 0.05) is 24.8 Å². The van der Waals surface area contributed by atoms with Gasteiger partial charge >= 0.3 is 0 Å². The summed E-state index contributed by atoms with van der Waals surface area (Å²) in [6.45, 7) is 6.31. The Hall–Kier alpha value is -1.36. The maximum atomic E-state index is 11.6. The lowest BCUT2D eigenvalue weighted by atomic mass is 10.3. The predicted molar refractivity (Wildman–Crippen MR) is 58.6 cm³/mol. The van der Waals surface area contributed by atoms with Crippen molar-refractivity contribution in [3.05, 3.63) is 18.0 Å². The molecule has 0 radical (unpaired) electrons. The van der Waals surface area contributed by atoms with Gasteiger partial charge in [0.05, 0.1) is 0 Å². The van der Waals surface area contributed by atoms with Gasteiger partial charge in [-0.15, -0.1) is 0 Å². The molecule has 0 unspecified atom stereocenters. The fourth-order valence-corrected chi connectivity index (χ4v) is 1.10. The van der Waals surface area contributed by atoms with Gasteiger partial charge in [0.25, 0.3) is 5.91 Å². The molecule has 0 fully saturated rings. The summed E-state index contributed by atoms with van der Waals surface area (Å²) in [4.78, 5) is 11.6. The third-order valence-corrected chi connectivity index (χ3v) is 2.10. The van der Waals surface area contributed by atoms with E-state index in [2.05, 4.69) is 10.4 Å². The van der Waals surface area contributed by atoms with Gasteiger partial charge in [-0.1, -0.05) is 0 Å². The molecule has 0 saturated carbocycles. The minimum Gasteiger partial charge on any atom is -0.347 e. The standard InChI is InChI=1S/C10H18N4O/c1-7(2)14-5-4-9(13-14)10(15)12-8(3)6-11/h4-5,7-8H,6,11H2,1-3H3,(H,12,15)/t8-/m1/s1. The van der Waals surface area contributed by atoms with Crippen LogP contribution in [-0.2, 0) is 0 Å². The third-order valence-electron chi connectivity index (χ3n) is 2.10. The lowest BCUT2D eigenvalue weighted by Crippen LogP contribution is -2.38. The minimum absolute atomic E-state index is 0.0262. The number of aromatic nitrogens is 2. The maximum absolute atomic E-state index is 11.6. The number of nitrogens with one attached hydrogen (secondary N) is 1. The van der Waals surface area contributed by atoms with Crippen LogP contribution in [0.1, 0.15) is 37.3 Å². The second kappa shape index (κ2) is 4.93. The first-order valence-electron chi connectivity index (χ1n) is 5.10. The summed E-state index contributed by atoms with van der Waals surface area (Å²) in [5, 5.41) is 6.92. The highest BCUT2D eigenvalue weighted by Crippen LogP contribution is 2.04. The Morgan fingerprint density at radius 1 is 1.60 bits per heavy atom. The van der Waals surface area contributed by atoms with Crippen LogP contribution < -0.4 is 11.1 Å². The Balaban J connectivity index is 2.66. The van der Waals surface area contributed by atoms with E-state index in [1.165, 1.54) is 0 Å². The van der Waals surface area contributed by atoms with Gasteiger partial charge in [0.1, 0.15) is 5.69 Å². The molecule has 3 N–H and O–H groups in total. The fraction of sp³-hybridized carbons (Fsp3) is 0.600. The summed E-state index contributed by atoms with van der Waals surface area (Å²) in [6, 6.07) is 1.94. The Labute approximate surface area is 89.6 Å². The second-order valence-corrected chi connectivity index (χ2v) is 3.88. The average molecular weight is 210 g/mol. The first kappa shape index (κ1) is 11.7. The van der Waals surface area contributed by atoms with Crippen LogP contribution in [0.4, 0.5) is 0 Å². The van der Waals surface area contributed by atoms with Gasteiger partial charge in [0.2, 0.25) is 0 Å². The zero-order valence-electron chi connectivity index (χ0n) is 9.40. The van der Waals surface area contributed by atoms with Crippen LogP contribution >= 0.6 is 0 Å². The number of nitrogens with zero attached hydrogens (tertiary/aromatic N) is 2. The van der Waals surface area contributed by atoms with Crippen LogP contribution in [0.2, 0.25) is 0 Å². The van der Waals surface area contributed by atoms with Crippen molar-refractivity contribution in [1.82, 2.24) is 15.1 Å². The number of carbonyl (C=O) groups excluding carboxylic acids is 1. The molecule has 84 valence electrons. The Kier molecular flexibility index (Phi) is 3.85. The highest BCUT2D eigenvalue weighted by atomic mass is 16.2. The molecular formula is C10H18N4O. The van der Waals surface area contributed by atoms with Crippen LogP contribution in [0.25, 0.3) is 0 Å². The zero-order valence-corrected chi connectivity index (χ0v) is 9.40. The average Bonchev–Trinajstić information content (AvgIpc) is 2.66. The molecule has 0 aliphatic rings. The van der Waals surface area contributed by atoms with Crippen molar-refractivity contribution < 1.29 is 4.79 Å². The molecule has 1 aromatic heterocycles. The van der Waals surface area contributed by atoms with Crippen LogP contribution in [-0.4, -0.2) is 28.3 Å². The van der Waals surface area contributed by atoms with Crippen molar-refractivity contribution in [2.45, 2.75) is 32.9 Å². The first-order valence-corrected chi connectivity index (χ1v) is 5.10. The molecule has 0 aromatic carbocycles. The largest absolute Gasteiger partial charge is 0.347 e. The SMILES string of the molecule is CC(C)n1ccc(C(=O)N[C@H](C)CN)n1. The second-order valence-electron chi connectivity index (χ2n) is 3.88. The third kappa shape index (κ3) is 3.06. The Morgan fingerprint density at radius 3 is 2.73 bits per heavy atom. The summed E-state index contributed by atoms with van der Waals surface area (Å²) in [5.41, 5.74) is 5.85. The molecule has 0 bridgehead atoms. The van der Waals surface area contributed by atoms with E-state index in [1.54, 1.807) is 16.9 Å². The quantitative estimate of drug-likeness (QED) is 0.761. The van der Waals surface area contributed by atoms with Gasteiger partial charge in [-0.3, -0.25) is 9.48 Å². The molecule has 1 aromatic rings. The normalized spacial score (nSPS) is 12.9. The molecule has 15 heavy (non-hydrogen) atoms. The molecule has 0 spiro atoms. The van der Waals surface area contributed by atoms with Crippen molar-refractivity contribution in [2.24, 2.45) is 5.73 Å². The van der Waals surface area contributed by atoms with Crippen LogP contribution in [0.5, 0.6) is 0 Å². The van der Waals surface area contributed by atoms with E-state index in [-0.39, 0.29) is 18.0 Å². The van der Waals surface area contributed by atoms with Gasteiger partial charge < -0.3 is 11.1 Å². The number of amides is 1. The predicted octanol–water partition coefficient (Wildman–Crippen LogP) is 0.541. The maximum Gasteiger partial charge on any atom is 0.272 e. The molecule has 5 nitrogen and oxygen atoms in total. The summed E-state index contributed by atoms with van der Waals surface area (Å²) < 4.78 is 1.75. The van der Waals surface area contributed by atoms with Crippen LogP contribution in [0.15, 0.2) is 12.3 Å². The van der Waals surface area contributed by atoms with E-state index in [0.29, 0.717) is 12.2 Å². The lowest BCUT2D eigenvalue weighted by Gasteiger charge is -2.09. The highest BCUT2D eigenvalue weighted by Gasteiger charge is 2.12. The fourth-order valence-electron chi connectivity index (χ4n) is 1.10. The van der Waals surface area contributed by atoms with Crippen molar-refractivity contribution in [2.75, 3.05) is 6.54 Å². The highest BCUT2D eigenvalue weighted by molar-refractivity contribution is 5.92. The molecule has 0 aliphatic carbocycles. The number of hydrogen-bond acceptors (Lipinski definition) is 3. The van der Waals surface area contributed by atoms with E-state index in [1.807, 2.05) is 20.8 Å². The van der Waals surface area contributed by atoms with Gasteiger partial charge in [-0.05, 0) is 26.8 Å². The van der Waals surface area contributed by atoms with Crippen molar-refractivity contribution in [1.29, 1.82) is 0 Å². The molecule has 5 heteroatoms. The number of nitrogens with two attached hydrogens (primary N) is 1. The molecular weight excluding hydrogens is 192 g/mol.